The van der Waals surface area contributed by atoms with Gasteiger partial charge in [0.05, 0.1) is 5.56 Å². The van der Waals surface area contributed by atoms with Gasteiger partial charge in [-0.25, -0.2) is 9.97 Å². The van der Waals surface area contributed by atoms with E-state index in [9.17, 15) is 13.6 Å². The van der Waals surface area contributed by atoms with Crippen molar-refractivity contribution < 1.29 is 18.3 Å². The Morgan fingerprint density at radius 1 is 1.15 bits per heavy atom. The molecule has 7 nitrogen and oxygen atoms in total. The summed E-state index contributed by atoms with van der Waals surface area (Å²) in [5.41, 5.74) is 1.47. The Labute approximate surface area is 196 Å². The van der Waals surface area contributed by atoms with Crippen LogP contribution in [0.25, 0.3) is 0 Å². The van der Waals surface area contributed by atoms with Crippen LogP contribution in [0.1, 0.15) is 36.5 Å². The topological polar surface area (TPSA) is 91.1 Å². The van der Waals surface area contributed by atoms with E-state index < -0.39 is 12.0 Å². The van der Waals surface area contributed by atoms with E-state index in [-0.39, 0.29) is 23.4 Å². The van der Waals surface area contributed by atoms with E-state index >= 15 is 0 Å². The highest BCUT2D eigenvalue weighted by molar-refractivity contribution is 6.02. The van der Waals surface area contributed by atoms with Crippen LogP contribution < -0.4 is 15.0 Å². The first-order chi connectivity index (χ1) is 16.3. The molecular formula is C25H23F2N5O2. The molecule has 34 heavy (non-hydrogen) atoms. The second-order valence-electron chi connectivity index (χ2n) is 8.39. The third-order valence-corrected chi connectivity index (χ3v) is 5.88. The number of anilines is 2. The van der Waals surface area contributed by atoms with E-state index in [1.54, 1.807) is 12.1 Å². The Balaban J connectivity index is 1.69. The molecule has 0 aliphatic carbocycles. The quantitative estimate of drug-likeness (QED) is 0.556. The molecule has 1 aromatic carbocycles. The maximum absolute atomic E-state index is 13.7. The molecule has 0 atom stereocenters. The van der Waals surface area contributed by atoms with Crippen molar-refractivity contribution in [1.82, 2.24) is 9.97 Å². The summed E-state index contributed by atoms with van der Waals surface area (Å²) in [7, 11) is 0. The van der Waals surface area contributed by atoms with Gasteiger partial charge in [0.1, 0.15) is 23.0 Å². The lowest BCUT2D eigenvalue weighted by atomic mass is 9.69. The van der Waals surface area contributed by atoms with E-state index in [1.165, 1.54) is 24.5 Å². The number of aromatic nitrogens is 2. The number of nitrogens with zero attached hydrogens (tertiary/aromatic N) is 4. The number of carbonyl (C=O) groups excluding carboxylic acids is 1. The zero-order chi connectivity index (χ0) is 24.3. The van der Waals surface area contributed by atoms with E-state index in [4.69, 9.17) is 5.26 Å². The average Bonchev–Trinajstić information content (AvgIpc) is 2.80. The largest absolute Gasteiger partial charge is 0.415 e. The molecule has 4 rings (SSSR count). The van der Waals surface area contributed by atoms with Gasteiger partial charge in [-0.1, -0.05) is 38.1 Å². The zero-order valence-electron chi connectivity index (χ0n) is 18.7. The number of ether oxygens (including phenoxy) is 1. The van der Waals surface area contributed by atoms with Crippen molar-refractivity contribution in [3.8, 4) is 11.9 Å². The van der Waals surface area contributed by atoms with Crippen molar-refractivity contribution in [1.29, 1.82) is 5.26 Å². The molecule has 9 heteroatoms. The molecule has 3 heterocycles. The third kappa shape index (κ3) is 4.39. The van der Waals surface area contributed by atoms with Crippen LogP contribution in [0.3, 0.4) is 0 Å². The molecular weight excluding hydrogens is 440 g/mol. The number of nitrogens with one attached hydrogen (secondary N) is 1. The summed E-state index contributed by atoms with van der Waals surface area (Å²) in [6.07, 6.45) is 2.81. The lowest BCUT2D eigenvalue weighted by Crippen LogP contribution is -2.65. The van der Waals surface area contributed by atoms with Gasteiger partial charge in [-0.15, -0.1) is 0 Å². The van der Waals surface area contributed by atoms with Gasteiger partial charge >= 0.3 is 6.61 Å². The summed E-state index contributed by atoms with van der Waals surface area (Å²) in [6.45, 7) is 1.69. The molecule has 174 valence electrons. The highest BCUT2D eigenvalue weighted by Gasteiger charge is 2.52. The molecule has 2 aromatic heterocycles. The summed E-state index contributed by atoms with van der Waals surface area (Å²) in [6, 6.07) is 16.2. The van der Waals surface area contributed by atoms with Gasteiger partial charge in [0, 0.05) is 25.5 Å². The molecule has 1 fully saturated rings. The fourth-order valence-corrected chi connectivity index (χ4v) is 4.19. The van der Waals surface area contributed by atoms with Crippen molar-refractivity contribution in [3.63, 3.8) is 0 Å². The number of hydrogen-bond donors (Lipinski definition) is 1. The van der Waals surface area contributed by atoms with Gasteiger partial charge < -0.3 is 15.0 Å². The Hall–Kier alpha value is -4.06. The van der Waals surface area contributed by atoms with E-state index in [0.717, 1.165) is 11.1 Å². The average molecular weight is 463 g/mol. The number of benzene rings is 1. The predicted molar refractivity (Wildman–Crippen MR) is 123 cm³/mol. The fourth-order valence-electron chi connectivity index (χ4n) is 4.19. The van der Waals surface area contributed by atoms with Crippen LogP contribution in [-0.4, -0.2) is 35.6 Å². The molecule has 1 N–H and O–H groups in total. The molecule has 0 saturated carbocycles. The highest BCUT2D eigenvalue weighted by Crippen LogP contribution is 2.42. The zero-order valence-corrected chi connectivity index (χ0v) is 18.7. The highest BCUT2D eigenvalue weighted by atomic mass is 19.3. The van der Waals surface area contributed by atoms with Gasteiger partial charge in [0.2, 0.25) is 11.8 Å². The monoisotopic (exact) mass is 463 g/mol. The molecule has 0 spiro atoms. The Morgan fingerprint density at radius 3 is 2.56 bits per heavy atom. The lowest BCUT2D eigenvalue weighted by Gasteiger charge is -2.50. The van der Waals surface area contributed by atoms with Gasteiger partial charge in [0.15, 0.2) is 0 Å². The number of amides is 1. The molecule has 1 aliphatic rings. The summed E-state index contributed by atoms with van der Waals surface area (Å²) in [5.74, 6) is 0.118. The minimum Gasteiger partial charge on any atom is -0.415 e. The summed E-state index contributed by atoms with van der Waals surface area (Å²) in [4.78, 5) is 23.8. The number of pyridine rings is 2. The third-order valence-electron chi connectivity index (χ3n) is 5.88. The first kappa shape index (κ1) is 23.1. The first-order valence-corrected chi connectivity index (χ1v) is 10.8. The van der Waals surface area contributed by atoms with Crippen LogP contribution >= 0.6 is 0 Å². The first-order valence-electron chi connectivity index (χ1n) is 10.8. The van der Waals surface area contributed by atoms with E-state index in [1.807, 2.05) is 35.2 Å². The van der Waals surface area contributed by atoms with Crippen molar-refractivity contribution in [2.75, 3.05) is 23.3 Å². The lowest BCUT2D eigenvalue weighted by molar-refractivity contribution is -0.122. The van der Waals surface area contributed by atoms with E-state index in [0.29, 0.717) is 24.5 Å². The van der Waals surface area contributed by atoms with Gasteiger partial charge in [0.25, 0.3) is 0 Å². The smallest absolute Gasteiger partial charge is 0.388 e. The van der Waals surface area contributed by atoms with Crippen molar-refractivity contribution in [3.05, 3.63) is 77.6 Å². The van der Waals surface area contributed by atoms with Gasteiger partial charge in [-0.3, -0.25) is 4.79 Å². The van der Waals surface area contributed by atoms with E-state index in [2.05, 4.69) is 33.9 Å². The standard InChI is InChI=1S/C25H23F2N5O2/c1-16(2)18-6-3-4-7-19(18)25(14-32(15-25)21-10-9-17(12-28)13-30-21)23(33)31-20-8-5-11-29-22(20)34-24(26)27/h3-11,13,16,24H,14-15H2,1-2H3,(H,31,33). The summed E-state index contributed by atoms with van der Waals surface area (Å²) in [5, 5.41) is 11.8. The van der Waals surface area contributed by atoms with Crippen LogP contribution in [0.4, 0.5) is 20.3 Å². The number of halogens is 2. The SMILES string of the molecule is CC(C)c1ccccc1C1(C(=O)Nc2cccnc2OC(F)F)CN(c2ccc(C#N)cn2)C1. The van der Waals surface area contributed by atoms with Crippen LogP contribution in [0.2, 0.25) is 0 Å². The number of nitriles is 1. The van der Waals surface area contributed by atoms with Crippen molar-refractivity contribution in [2.24, 2.45) is 0 Å². The second-order valence-corrected chi connectivity index (χ2v) is 8.39. The van der Waals surface area contributed by atoms with Gasteiger partial charge in [-0.05, 0) is 41.3 Å². The van der Waals surface area contributed by atoms with Crippen LogP contribution in [0.15, 0.2) is 60.9 Å². The normalized spacial score (nSPS) is 14.4. The number of hydrogen-bond acceptors (Lipinski definition) is 6. The van der Waals surface area contributed by atoms with Crippen LogP contribution in [0, 0.1) is 11.3 Å². The Bertz CT molecular complexity index is 1220. The fraction of sp³-hybridized carbons (Fsp3) is 0.280. The van der Waals surface area contributed by atoms with Crippen molar-refractivity contribution >= 4 is 17.4 Å². The number of alkyl halides is 2. The molecule has 0 bridgehead atoms. The summed E-state index contributed by atoms with van der Waals surface area (Å²) >= 11 is 0. The minimum absolute atomic E-state index is 0.0733. The van der Waals surface area contributed by atoms with Crippen LogP contribution in [-0.2, 0) is 10.2 Å². The molecule has 0 radical (unpaired) electrons. The molecule has 1 aliphatic heterocycles. The predicted octanol–water partition coefficient (Wildman–Crippen LogP) is 4.47. The number of rotatable bonds is 7. The molecule has 0 unspecified atom stereocenters. The van der Waals surface area contributed by atoms with Crippen LogP contribution in [0.5, 0.6) is 5.88 Å². The van der Waals surface area contributed by atoms with Gasteiger partial charge in [-0.2, -0.15) is 14.0 Å². The molecule has 1 saturated heterocycles. The summed E-state index contributed by atoms with van der Waals surface area (Å²) < 4.78 is 30.2. The van der Waals surface area contributed by atoms with Crippen molar-refractivity contribution in [2.45, 2.75) is 31.8 Å². The number of carbonyl (C=O) groups is 1. The second kappa shape index (κ2) is 9.43. The Kier molecular flexibility index (Phi) is 6.41. The maximum atomic E-state index is 13.7. The minimum atomic E-state index is -3.07. The molecule has 1 amide bonds. The maximum Gasteiger partial charge on any atom is 0.388 e. The molecule has 3 aromatic rings. The Morgan fingerprint density at radius 2 is 1.91 bits per heavy atom.